The number of aromatic amines is 1. The van der Waals surface area contributed by atoms with E-state index in [-0.39, 0.29) is 11.6 Å². The van der Waals surface area contributed by atoms with Crippen molar-refractivity contribution in [2.24, 2.45) is 0 Å². The predicted molar refractivity (Wildman–Crippen MR) is 120 cm³/mol. The molecule has 0 unspecified atom stereocenters. The summed E-state index contributed by atoms with van der Waals surface area (Å²) in [5, 5.41) is 20.7. The van der Waals surface area contributed by atoms with Crippen molar-refractivity contribution >= 4 is 29.3 Å². The summed E-state index contributed by atoms with van der Waals surface area (Å²) in [6.07, 6.45) is 2.22. The highest BCUT2D eigenvalue weighted by atomic mass is 19.3. The number of rotatable bonds is 5. The summed E-state index contributed by atoms with van der Waals surface area (Å²) in [6, 6.07) is 3.15. The highest BCUT2D eigenvalue weighted by molar-refractivity contribution is 6.09. The molecule has 8 nitrogen and oxygen atoms in total. The summed E-state index contributed by atoms with van der Waals surface area (Å²) < 4.78 is 28.1. The molecule has 1 aromatic heterocycles. The molecule has 0 saturated heterocycles. The van der Waals surface area contributed by atoms with Gasteiger partial charge in [0.05, 0.1) is 6.54 Å². The van der Waals surface area contributed by atoms with Crippen LogP contribution in [-0.4, -0.2) is 54.5 Å². The Morgan fingerprint density at radius 2 is 2.09 bits per heavy atom. The van der Waals surface area contributed by atoms with E-state index in [0.29, 0.717) is 48.7 Å². The molecule has 3 heterocycles. The molecule has 4 rings (SSSR count). The normalized spacial score (nSPS) is 16.0. The number of anilines is 2. The summed E-state index contributed by atoms with van der Waals surface area (Å²) >= 11 is 0. The number of benzene rings is 1. The topological polar surface area (TPSA) is 100 Å². The third-order valence-electron chi connectivity index (χ3n) is 6.04. The molecular weight excluding hydrogens is 416 g/mol. The highest BCUT2D eigenvalue weighted by Gasteiger charge is 2.31. The molecule has 0 atom stereocenters. The first-order valence-electron chi connectivity index (χ1n) is 10.6. The van der Waals surface area contributed by atoms with E-state index in [1.54, 1.807) is 31.3 Å². The minimum Gasteiger partial charge on any atom is -0.393 e. The lowest BCUT2D eigenvalue weighted by molar-refractivity contribution is 0.151. The lowest BCUT2D eigenvalue weighted by atomic mass is 9.92. The number of nitrogens with one attached hydrogen (secondary N) is 4. The molecule has 2 aromatic rings. The molecule has 2 aliphatic heterocycles. The SMILES string of the molecule is CN/C=C(\C=N)c1cc2c(cc1C(F)F)N(c1n[nH]c3c1CN(C(=O)NC)CC3)CCC2. The van der Waals surface area contributed by atoms with Gasteiger partial charge in [-0.25, -0.2) is 13.6 Å². The number of carbonyl (C=O) groups is 1. The number of allylic oxidation sites excluding steroid dienone is 1. The van der Waals surface area contributed by atoms with Crippen LogP contribution in [0.4, 0.5) is 25.1 Å². The summed E-state index contributed by atoms with van der Waals surface area (Å²) in [5.41, 5.74) is 4.19. The van der Waals surface area contributed by atoms with Crippen molar-refractivity contribution in [2.75, 3.05) is 32.1 Å². The Morgan fingerprint density at radius 1 is 1.28 bits per heavy atom. The molecule has 0 spiro atoms. The molecule has 0 bridgehead atoms. The fourth-order valence-electron chi connectivity index (χ4n) is 4.49. The van der Waals surface area contributed by atoms with Gasteiger partial charge in [0.2, 0.25) is 0 Å². The van der Waals surface area contributed by atoms with Gasteiger partial charge in [0.1, 0.15) is 0 Å². The van der Waals surface area contributed by atoms with Crippen LogP contribution in [0, 0.1) is 5.41 Å². The van der Waals surface area contributed by atoms with Crippen molar-refractivity contribution in [3.63, 3.8) is 0 Å². The average Bonchev–Trinajstić information content (AvgIpc) is 3.23. The zero-order valence-electron chi connectivity index (χ0n) is 18.1. The van der Waals surface area contributed by atoms with Crippen LogP contribution in [0.5, 0.6) is 0 Å². The quantitative estimate of drug-likeness (QED) is 0.533. The van der Waals surface area contributed by atoms with Gasteiger partial charge in [-0.2, -0.15) is 5.10 Å². The van der Waals surface area contributed by atoms with Gasteiger partial charge < -0.3 is 25.8 Å². The van der Waals surface area contributed by atoms with E-state index in [1.165, 1.54) is 6.07 Å². The van der Waals surface area contributed by atoms with Crippen LogP contribution in [0.2, 0.25) is 0 Å². The van der Waals surface area contributed by atoms with Crippen LogP contribution in [0.1, 0.15) is 40.8 Å². The molecule has 4 N–H and O–H groups in total. The third-order valence-corrected chi connectivity index (χ3v) is 6.04. The van der Waals surface area contributed by atoms with Gasteiger partial charge in [-0.3, -0.25) is 5.10 Å². The van der Waals surface area contributed by atoms with Crippen molar-refractivity contribution in [1.29, 1.82) is 5.41 Å². The second-order valence-electron chi connectivity index (χ2n) is 7.89. The Labute approximate surface area is 185 Å². The fraction of sp³-hybridized carbons (Fsp3) is 0.409. The Kier molecular flexibility index (Phi) is 6.11. The molecular formula is C22H27F2N7O. The fourth-order valence-corrected chi connectivity index (χ4v) is 4.49. The maximum Gasteiger partial charge on any atom is 0.317 e. The molecule has 2 amide bonds. The minimum atomic E-state index is -2.68. The van der Waals surface area contributed by atoms with Crippen molar-refractivity contribution in [3.05, 3.63) is 46.3 Å². The van der Waals surface area contributed by atoms with Gasteiger partial charge in [0.15, 0.2) is 5.82 Å². The number of nitrogens with zero attached hydrogens (tertiary/aromatic N) is 3. The van der Waals surface area contributed by atoms with Crippen LogP contribution < -0.4 is 15.5 Å². The summed E-state index contributed by atoms with van der Waals surface area (Å²) in [7, 11) is 3.28. The number of alkyl halides is 2. The lowest BCUT2D eigenvalue weighted by Crippen LogP contribution is -2.41. The molecule has 170 valence electrons. The highest BCUT2D eigenvalue weighted by Crippen LogP contribution is 2.41. The second-order valence-corrected chi connectivity index (χ2v) is 7.89. The Morgan fingerprint density at radius 3 is 2.78 bits per heavy atom. The number of H-pyrrole nitrogens is 1. The molecule has 10 heteroatoms. The van der Waals surface area contributed by atoms with Crippen LogP contribution >= 0.6 is 0 Å². The molecule has 0 radical (unpaired) electrons. The van der Waals surface area contributed by atoms with E-state index in [0.717, 1.165) is 35.9 Å². The van der Waals surface area contributed by atoms with E-state index < -0.39 is 6.43 Å². The molecule has 0 saturated carbocycles. The first kappa shape index (κ1) is 21.8. The van der Waals surface area contributed by atoms with E-state index in [1.807, 2.05) is 4.90 Å². The number of aromatic nitrogens is 2. The molecule has 2 aliphatic rings. The van der Waals surface area contributed by atoms with E-state index >= 15 is 0 Å². The van der Waals surface area contributed by atoms with Crippen LogP contribution in [0.25, 0.3) is 5.57 Å². The Hall–Kier alpha value is -3.43. The molecule has 0 aliphatic carbocycles. The van der Waals surface area contributed by atoms with Gasteiger partial charge in [0, 0.05) is 74.1 Å². The largest absolute Gasteiger partial charge is 0.393 e. The molecule has 32 heavy (non-hydrogen) atoms. The number of hydrogen-bond donors (Lipinski definition) is 4. The number of halogens is 2. The van der Waals surface area contributed by atoms with E-state index in [2.05, 4.69) is 20.8 Å². The summed E-state index contributed by atoms with van der Waals surface area (Å²) in [5.74, 6) is 0.681. The smallest absolute Gasteiger partial charge is 0.317 e. The van der Waals surface area contributed by atoms with Crippen LogP contribution in [0.15, 0.2) is 18.3 Å². The maximum absolute atomic E-state index is 14.0. The summed E-state index contributed by atoms with van der Waals surface area (Å²) in [4.78, 5) is 15.8. The monoisotopic (exact) mass is 443 g/mol. The van der Waals surface area contributed by atoms with Crippen LogP contribution in [-0.2, 0) is 19.4 Å². The standard InChI is InChI=1S/C22H27F2N7O/c1-26-11-14(10-25)15-8-13-4-3-6-31(19(13)9-16(15)20(23)24)21-17-12-30(22(32)27-2)7-5-18(17)28-29-21/h8-11,20,25-26H,3-7,12H2,1-2H3,(H,27,32)(H,28,29)/b14-11+,25-10?. The third kappa shape index (κ3) is 3.80. The summed E-state index contributed by atoms with van der Waals surface area (Å²) in [6.45, 7) is 1.65. The van der Waals surface area contributed by atoms with Crippen molar-refractivity contribution in [3.8, 4) is 0 Å². The van der Waals surface area contributed by atoms with Gasteiger partial charge >= 0.3 is 6.03 Å². The number of fused-ring (bicyclic) bond motifs is 2. The number of urea groups is 1. The lowest BCUT2D eigenvalue weighted by Gasteiger charge is -2.33. The molecule has 0 fully saturated rings. The van der Waals surface area contributed by atoms with Gasteiger partial charge in [-0.1, -0.05) is 0 Å². The average molecular weight is 444 g/mol. The first-order chi connectivity index (χ1) is 15.5. The first-order valence-corrected chi connectivity index (χ1v) is 10.6. The minimum absolute atomic E-state index is 0.114. The van der Waals surface area contributed by atoms with Crippen molar-refractivity contribution < 1.29 is 13.6 Å². The van der Waals surface area contributed by atoms with Gasteiger partial charge in [-0.15, -0.1) is 0 Å². The van der Waals surface area contributed by atoms with E-state index in [4.69, 9.17) is 5.41 Å². The predicted octanol–water partition coefficient (Wildman–Crippen LogP) is 3.34. The Balaban J connectivity index is 1.78. The Bertz CT molecular complexity index is 1060. The number of carbonyl (C=O) groups excluding carboxylic acids is 1. The van der Waals surface area contributed by atoms with Gasteiger partial charge in [-0.05, 0) is 36.1 Å². The second kappa shape index (κ2) is 8.97. The van der Waals surface area contributed by atoms with Crippen molar-refractivity contribution in [2.45, 2.75) is 32.2 Å². The zero-order valence-corrected chi connectivity index (χ0v) is 18.1. The number of amides is 2. The van der Waals surface area contributed by atoms with E-state index in [9.17, 15) is 13.6 Å². The van der Waals surface area contributed by atoms with Crippen molar-refractivity contribution in [1.82, 2.24) is 25.7 Å². The zero-order chi connectivity index (χ0) is 22.8. The number of aryl methyl sites for hydroxylation is 1. The van der Waals surface area contributed by atoms with Crippen LogP contribution in [0.3, 0.4) is 0 Å². The molecule has 1 aromatic carbocycles. The maximum atomic E-state index is 14.0. The van der Waals surface area contributed by atoms with Gasteiger partial charge in [0.25, 0.3) is 6.43 Å². The number of hydrogen-bond acceptors (Lipinski definition) is 5.